The fraction of sp³-hybridized carbons (Fsp3) is 0.263. The smallest absolute Gasteiger partial charge is 0.189 e. The van der Waals surface area contributed by atoms with Crippen LogP contribution in [0.4, 0.5) is 5.82 Å². The number of nitrogens with zero attached hydrogens (tertiary/aromatic N) is 4. The maximum Gasteiger partial charge on any atom is 0.189 e. The second-order valence-corrected chi connectivity index (χ2v) is 6.46. The highest BCUT2D eigenvalue weighted by atomic mass is 16.1. The molecule has 0 bridgehead atoms. The van der Waals surface area contributed by atoms with E-state index in [1.807, 2.05) is 47.3 Å². The van der Waals surface area contributed by atoms with Crippen molar-refractivity contribution in [2.75, 3.05) is 32.1 Å². The molecule has 0 unspecified atom stereocenters. The maximum absolute atomic E-state index is 12.0. The molecule has 4 rings (SSSR count). The molecule has 3 aromatic rings. The molecule has 5 nitrogen and oxygen atoms in total. The number of rotatable bonds is 3. The second-order valence-electron chi connectivity index (χ2n) is 6.46. The van der Waals surface area contributed by atoms with Crippen molar-refractivity contribution in [1.82, 2.24) is 14.5 Å². The van der Waals surface area contributed by atoms with Crippen LogP contribution in [0.2, 0.25) is 0 Å². The van der Waals surface area contributed by atoms with E-state index in [2.05, 4.69) is 34.9 Å². The van der Waals surface area contributed by atoms with E-state index in [1.54, 1.807) is 6.07 Å². The molecule has 1 aliphatic rings. The minimum absolute atomic E-state index is 0.0433. The van der Waals surface area contributed by atoms with Crippen molar-refractivity contribution in [3.8, 4) is 5.69 Å². The third-order valence-corrected chi connectivity index (χ3v) is 4.73. The summed E-state index contributed by atoms with van der Waals surface area (Å²) in [7, 11) is 4.22. The zero-order chi connectivity index (χ0) is 16.7. The Hall–Kier alpha value is -2.66. The van der Waals surface area contributed by atoms with Crippen LogP contribution in [0.1, 0.15) is 0 Å². The van der Waals surface area contributed by atoms with Crippen LogP contribution in [-0.2, 0) is 0 Å². The lowest BCUT2D eigenvalue weighted by Crippen LogP contribution is -2.57. The van der Waals surface area contributed by atoms with Gasteiger partial charge in [0, 0.05) is 36.8 Å². The lowest BCUT2D eigenvalue weighted by Gasteiger charge is -2.43. The fourth-order valence-electron chi connectivity index (χ4n) is 3.11. The average Bonchev–Trinajstić information content (AvgIpc) is 2.55. The van der Waals surface area contributed by atoms with Gasteiger partial charge in [-0.05, 0) is 38.4 Å². The topological polar surface area (TPSA) is 41.4 Å². The highest BCUT2D eigenvalue weighted by Crippen LogP contribution is 2.22. The molecule has 0 saturated carbocycles. The molecule has 1 fully saturated rings. The van der Waals surface area contributed by atoms with E-state index in [9.17, 15) is 4.79 Å². The molecule has 1 saturated heterocycles. The van der Waals surface area contributed by atoms with Crippen molar-refractivity contribution in [3.05, 3.63) is 65.1 Å². The lowest BCUT2D eigenvalue weighted by molar-refractivity contribution is 0.246. The van der Waals surface area contributed by atoms with Crippen LogP contribution >= 0.6 is 0 Å². The van der Waals surface area contributed by atoms with Crippen LogP contribution in [0.5, 0.6) is 0 Å². The van der Waals surface area contributed by atoms with E-state index >= 15 is 0 Å². The summed E-state index contributed by atoms with van der Waals surface area (Å²) in [6.45, 7) is 2.03. The Balaban J connectivity index is 1.65. The molecule has 0 radical (unpaired) electrons. The van der Waals surface area contributed by atoms with Crippen molar-refractivity contribution in [3.63, 3.8) is 0 Å². The molecule has 5 heteroatoms. The second kappa shape index (κ2) is 5.76. The van der Waals surface area contributed by atoms with Gasteiger partial charge in [-0.3, -0.25) is 4.79 Å². The monoisotopic (exact) mass is 320 g/mol. The fourth-order valence-corrected chi connectivity index (χ4v) is 3.11. The third kappa shape index (κ3) is 2.47. The average molecular weight is 320 g/mol. The van der Waals surface area contributed by atoms with Crippen molar-refractivity contribution >= 4 is 16.7 Å². The molecular formula is C19H20N4O. The summed E-state index contributed by atoms with van der Waals surface area (Å²) in [5.74, 6) is 1.00. The van der Waals surface area contributed by atoms with Gasteiger partial charge in [-0.25, -0.2) is 4.98 Å². The highest BCUT2D eigenvalue weighted by Gasteiger charge is 2.28. The lowest BCUT2D eigenvalue weighted by atomic mass is 10.1. The number of hydrogen-bond acceptors (Lipinski definition) is 4. The first-order valence-electron chi connectivity index (χ1n) is 8.12. The normalized spacial score (nSPS) is 15.0. The van der Waals surface area contributed by atoms with Crippen molar-refractivity contribution < 1.29 is 0 Å². The summed E-state index contributed by atoms with van der Waals surface area (Å²) in [6.07, 6.45) is 3.68. The van der Waals surface area contributed by atoms with Gasteiger partial charge in [0.15, 0.2) is 5.43 Å². The van der Waals surface area contributed by atoms with Crippen LogP contribution in [0.3, 0.4) is 0 Å². The number of pyridine rings is 2. The molecule has 0 spiro atoms. The molecule has 24 heavy (non-hydrogen) atoms. The predicted octanol–water partition coefficient (Wildman–Crippen LogP) is 2.14. The van der Waals surface area contributed by atoms with Gasteiger partial charge in [-0.15, -0.1) is 0 Å². The summed E-state index contributed by atoms with van der Waals surface area (Å²) in [4.78, 5) is 21.1. The molecule has 0 N–H and O–H groups in total. The number of fused-ring (bicyclic) bond motifs is 1. The summed E-state index contributed by atoms with van der Waals surface area (Å²) in [5, 5.41) is 0.723. The van der Waals surface area contributed by atoms with Crippen molar-refractivity contribution in [2.24, 2.45) is 0 Å². The van der Waals surface area contributed by atoms with Gasteiger partial charge >= 0.3 is 0 Å². The van der Waals surface area contributed by atoms with E-state index in [4.69, 9.17) is 0 Å². The third-order valence-electron chi connectivity index (χ3n) is 4.73. The van der Waals surface area contributed by atoms with E-state index < -0.39 is 0 Å². The number of hydrogen-bond donors (Lipinski definition) is 0. The summed E-state index contributed by atoms with van der Waals surface area (Å²) < 4.78 is 2.01. The van der Waals surface area contributed by atoms with Crippen LogP contribution in [0.25, 0.3) is 16.6 Å². The molecule has 0 amide bonds. The van der Waals surface area contributed by atoms with Gasteiger partial charge in [0.2, 0.25) is 0 Å². The van der Waals surface area contributed by atoms with Crippen LogP contribution in [0, 0.1) is 0 Å². The van der Waals surface area contributed by atoms with Gasteiger partial charge in [0.25, 0.3) is 0 Å². The molecule has 122 valence electrons. The van der Waals surface area contributed by atoms with Gasteiger partial charge in [-0.1, -0.05) is 12.1 Å². The van der Waals surface area contributed by atoms with E-state index in [-0.39, 0.29) is 5.43 Å². The Bertz CT molecular complexity index is 924. The molecule has 1 aromatic carbocycles. The standard InChI is InChI=1S/C19H20N4O/c1-21(2)15-12-22(13-15)19-8-7-14(11-20-19)23-10-9-18(24)16-5-3-4-6-17(16)23/h3-11,15H,12-13H2,1-2H3. The summed E-state index contributed by atoms with van der Waals surface area (Å²) >= 11 is 0. The Morgan fingerprint density at radius 1 is 1.08 bits per heavy atom. The quantitative estimate of drug-likeness (QED) is 0.741. The van der Waals surface area contributed by atoms with Crippen LogP contribution in [0.15, 0.2) is 59.7 Å². The molecule has 3 heterocycles. The van der Waals surface area contributed by atoms with Gasteiger partial charge in [0.05, 0.1) is 17.4 Å². The minimum atomic E-state index is 0.0433. The van der Waals surface area contributed by atoms with Gasteiger partial charge < -0.3 is 14.4 Å². The molecular weight excluding hydrogens is 300 g/mol. The number of benzene rings is 1. The van der Waals surface area contributed by atoms with Crippen molar-refractivity contribution in [2.45, 2.75) is 6.04 Å². The number of likely N-dealkylation sites (N-methyl/N-ethyl adjacent to an activating group) is 1. The largest absolute Gasteiger partial charge is 0.353 e. The Morgan fingerprint density at radius 3 is 2.58 bits per heavy atom. The first-order valence-corrected chi connectivity index (χ1v) is 8.12. The van der Waals surface area contributed by atoms with E-state index in [0.29, 0.717) is 6.04 Å². The molecule has 0 aliphatic carbocycles. The zero-order valence-electron chi connectivity index (χ0n) is 13.9. The zero-order valence-corrected chi connectivity index (χ0v) is 13.9. The Kier molecular flexibility index (Phi) is 3.58. The summed E-state index contributed by atoms with van der Waals surface area (Å²) in [5.41, 5.74) is 1.90. The minimum Gasteiger partial charge on any atom is -0.353 e. The van der Waals surface area contributed by atoms with E-state index in [0.717, 1.165) is 35.5 Å². The molecule has 1 aliphatic heterocycles. The summed E-state index contributed by atoms with van der Waals surface area (Å²) in [6, 6.07) is 14.0. The van der Waals surface area contributed by atoms with Crippen LogP contribution in [-0.4, -0.2) is 47.7 Å². The van der Waals surface area contributed by atoms with Gasteiger partial charge in [0.1, 0.15) is 5.82 Å². The van der Waals surface area contributed by atoms with Crippen LogP contribution < -0.4 is 10.3 Å². The van der Waals surface area contributed by atoms with E-state index in [1.165, 1.54) is 0 Å². The highest BCUT2D eigenvalue weighted by molar-refractivity contribution is 5.80. The first-order chi connectivity index (χ1) is 11.6. The number of para-hydroxylation sites is 1. The SMILES string of the molecule is CN(C)C1CN(c2ccc(-n3ccc(=O)c4ccccc43)cn2)C1. The predicted molar refractivity (Wildman–Crippen MR) is 97.0 cm³/mol. The molecule has 0 atom stereocenters. The number of aromatic nitrogens is 2. The maximum atomic E-state index is 12.0. The number of anilines is 1. The van der Waals surface area contributed by atoms with Crippen molar-refractivity contribution in [1.29, 1.82) is 0 Å². The first kappa shape index (κ1) is 14.9. The Morgan fingerprint density at radius 2 is 1.88 bits per heavy atom. The Labute approximate surface area is 140 Å². The molecule has 2 aromatic heterocycles. The van der Waals surface area contributed by atoms with Gasteiger partial charge in [-0.2, -0.15) is 0 Å².